The Hall–Kier alpha value is -1.23. The highest BCUT2D eigenvalue weighted by Gasteiger charge is 2.24. The van der Waals surface area contributed by atoms with Crippen molar-refractivity contribution in [2.75, 3.05) is 13.6 Å². The fraction of sp³-hybridized carbons (Fsp3) is 0.294. The first kappa shape index (κ1) is 16.1. The highest BCUT2D eigenvalue weighted by Crippen LogP contribution is 2.32. The Balaban J connectivity index is 2.31. The van der Waals surface area contributed by atoms with E-state index in [1.54, 1.807) is 6.07 Å². The minimum Gasteiger partial charge on any atom is -0.329 e. The molecule has 21 heavy (non-hydrogen) atoms. The number of likely N-dealkylation sites (N-methyl/N-ethyl adjacent to an activating group) is 1. The summed E-state index contributed by atoms with van der Waals surface area (Å²) in [6, 6.07) is 14.9. The molecule has 0 saturated carbocycles. The molecule has 0 aliphatic carbocycles. The first-order valence-corrected chi connectivity index (χ1v) is 7.76. The largest absolute Gasteiger partial charge is 0.329 e. The molecule has 0 fully saturated rings. The van der Waals surface area contributed by atoms with E-state index in [4.69, 9.17) is 5.73 Å². The normalized spacial score (nSPS) is 14.2. The summed E-state index contributed by atoms with van der Waals surface area (Å²) in [4.78, 5) is 2.11. The van der Waals surface area contributed by atoms with Gasteiger partial charge in [0.05, 0.1) is 0 Å². The lowest BCUT2D eigenvalue weighted by atomic mass is 10.0. The fourth-order valence-corrected chi connectivity index (χ4v) is 3.11. The maximum atomic E-state index is 14.0. The molecule has 2 rings (SSSR count). The van der Waals surface area contributed by atoms with Crippen molar-refractivity contribution < 1.29 is 4.39 Å². The van der Waals surface area contributed by atoms with E-state index in [0.29, 0.717) is 12.1 Å². The minimum atomic E-state index is -0.181. The van der Waals surface area contributed by atoms with E-state index in [0.717, 1.165) is 10.0 Å². The monoisotopic (exact) mass is 350 g/mol. The summed E-state index contributed by atoms with van der Waals surface area (Å²) in [5.74, 6) is -0.181. The number of rotatable bonds is 5. The molecule has 2 aromatic rings. The topological polar surface area (TPSA) is 29.3 Å². The maximum Gasteiger partial charge on any atom is 0.127 e. The number of hydrogen-bond acceptors (Lipinski definition) is 2. The van der Waals surface area contributed by atoms with E-state index < -0.39 is 0 Å². The number of hydrogen-bond donors (Lipinski definition) is 1. The van der Waals surface area contributed by atoms with Crippen LogP contribution in [0.4, 0.5) is 4.39 Å². The molecule has 0 spiro atoms. The van der Waals surface area contributed by atoms with Gasteiger partial charge in [-0.15, -0.1) is 0 Å². The van der Waals surface area contributed by atoms with E-state index in [1.165, 1.54) is 6.07 Å². The van der Waals surface area contributed by atoms with Crippen molar-refractivity contribution in [3.05, 3.63) is 69.9 Å². The molecule has 2 nitrogen and oxygen atoms in total. The van der Waals surface area contributed by atoms with Gasteiger partial charge in [-0.05, 0) is 31.7 Å². The SMILES string of the molecule is CC(c1ccccc1F)N(C)C(CN)c1ccccc1Br. The number of benzene rings is 2. The average Bonchev–Trinajstić information content (AvgIpc) is 2.49. The highest BCUT2D eigenvalue weighted by atomic mass is 79.9. The molecule has 0 aliphatic rings. The van der Waals surface area contributed by atoms with Crippen molar-refractivity contribution in [3.8, 4) is 0 Å². The van der Waals surface area contributed by atoms with Gasteiger partial charge >= 0.3 is 0 Å². The van der Waals surface area contributed by atoms with Gasteiger partial charge in [-0.2, -0.15) is 0 Å². The molecule has 2 N–H and O–H groups in total. The minimum absolute atomic E-state index is 0.0233. The Kier molecular flexibility index (Phi) is 5.51. The molecular formula is C17H20BrFN2. The smallest absolute Gasteiger partial charge is 0.127 e. The molecule has 4 heteroatoms. The van der Waals surface area contributed by atoms with Crippen molar-refractivity contribution in [2.45, 2.75) is 19.0 Å². The molecule has 2 atom stereocenters. The van der Waals surface area contributed by atoms with Gasteiger partial charge in [-0.3, -0.25) is 4.90 Å². The molecule has 0 saturated heterocycles. The highest BCUT2D eigenvalue weighted by molar-refractivity contribution is 9.10. The molecule has 0 aliphatic heterocycles. The summed E-state index contributed by atoms with van der Waals surface area (Å²) in [7, 11) is 1.98. The summed E-state index contributed by atoms with van der Waals surface area (Å²) < 4.78 is 15.0. The van der Waals surface area contributed by atoms with Crippen LogP contribution < -0.4 is 5.73 Å². The first-order valence-electron chi connectivity index (χ1n) is 6.97. The van der Waals surface area contributed by atoms with Crippen LogP contribution >= 0.6 is 15.9 Å². The van der Waals surface area contributed by atoms with Gasteiger partial charge in [0.2, 0.25) is 0 Å². The van der Waals surface area contributed by atoms with Gasteiger partial charge in [0.1, 0.15) is 5.82 Å². The second kappa shape index (κ2) is 7.16. The van der Waals surface area contributed by atoms with Crippen LogP contribution in [0.1, 0.15) is 30.1 Å². The van der Waals surface area contributed by atoms with E-state index >= 15 is 0 Å². The summed E-state index contributed by atoms with van der Waals surface area (Å²) in [5.41, 5.74) is 7.77. The van der Waals surface area contributed by atoms with Gasteiger partial charge in [0.25, 0.3) is 0 Å². The molecule has 2 unspecified atom stereocenters. The van der Waals surface area contributed by atoms with Gasteiger partial charge in [0, 0.05) is 28.7 Å². The second-order valence-corrected chi connectivity index (χ2v) is 5.99. The molecule has 2 aromatic carbocycles. The quantitative estimate of drug-likeness (QED) is 0.871. The second-order valence-electron chi connectivity index (χ2n) is 5.14. The van der Waals surface area contributed by atoms with Gasteiger partial charge in [0.15, 0.2) is 0 Å². The first-order chi connectivity index (χ1) is 10.1. The summed E-state index contributed by atoms with van der Waals surface area (Å²) in [6.45, 7) is 2.47. The Bertz CT molecular complexity index is 603. The van der Waals surface area contributed by atoms with Crippen molar-refractivity contribution in [3.63, 3.8) is 0 Å². The van der Waals surface area contributed by atoms with E-state index in [2.05, 4.69) is 20.8 Å². The lowest BCUT2D eigenvalue weighted by Crippen LogP contribution is -2.33. The Morgan fingerprint density at radius 2 is 1.67 bits per heavy atom. The zero-order valence-corrected chi connectivity index (χ0v) is 13.8. The molecule has 0 radical (unpaired) electrons. The van der Waals surface area contributed by atoms with Crippen LogP contribution in [0.2, 0.25) is 0 Å². The zero-order chi connectivity index (χ0) is 15.4. The van der Waals surface area contributed by atoms with Crippen molar-refractivity contribution in [1.82, 2.24) is 4.90 Å². The Labute approximate surface area is 133 Å². The summed E-state index contributed by atoms with van der Waals surface area (Å²) in [6.07, 6.45) is 0. The third kappa shape index (κ3) is 3.51. The standard InChI is InChI=1S/C17H20BrFN2/c1-12(13-7-4-6-10-16(13)19)21(2)17(11-20)14-8-3-5-9-15(14)18/h3-10,12,17H,11,20H2,1-2H3. The molecule has 0 amide bonds. The summed E-state index contributed by atoms with van der Waals surface area (Å²) >= 11 is 3.57. The molecular weight excluding hydrogens is 331 g/mol. The molecule has 112 valence electrons. The van der Waals surface area contributed by atoms with Crippen LogP contribution in [0.25, 0.3) is 0 Å². The summed E-state index contributed by atoms with van der Waals surface area (Å²) in [5, 5.41) is 0. The van der Waals surface area contributed by atoms with Crippen molar-refractivity contribution >= 4 is 15.9 Å². The number of nitrogens with two attached hydrogens (primary N) is 1. The molecule has 0 heterocycles. The van der Waals surface area contributed by atoms with Crippen LogP contribution in [-0.2, 0) is 0 Å². The van der Waals surface area contributed by atoms with Crippen molar-refractivity contribution in [2.24, 2.45) is 5.73 Å². The van der Waals surface area contributed by atoms with Crippen LogP contribution in [0.3, 0.4) is 0 Å². The van der Waals surface area contributed by atoms with Gasteiger partial charge < -0.3 is 5.73 Å². The average molecular weight is 351 g/mol. The van der Waals surface area contributed by atoms with Crippen LogP contribution in [0.15, 0.2) is 53.0 Å². The Morgan fingerprint density at radius 1 is 1.10 bits per heavy atom. The maximum absolute atomic E-state index is 14.0. The van der Waals surface area contributed by atoms with E-state index in [-0.39, 0.29) is 17.9 Å². The lowest BCUT2D eigenvalue weighted by Gasteiger charge is -2.33. The van der Waals surface area contributed by atoms with Gasteiger partial charge in [-0.1, -0.05) is 52.3 Å². The zero-order valence-electron chi connectivity index (χ0n) is 12.3. The van der Waals surface area contributed by atoms with E-state index in [1.807, 2.05) is 50.4 Å². The van der Waals surface area contributed by atoms with Crippen molar-refractivity contribution in [1.29, 1.82) is 0 Å². The fourth-order valence-electron chi connectivity index (χ4n) is 2.56. The predicted molar refractivity (Wildman–Crippen MR) is 88.5 cm³/mol. The number of nitrogens with zero attached hydrogens (tertiary/aromatic N) is 1. The predicted octanol–water partition coefficient (Wildman–Crippen LogP) is 4.28. The van der Waals surface area contributed by atoms with Gasteiger partial charge in [-0.25, -0.2) is 4.39 Å². The molecule has 0 aromatic heterocycles. The Morgan fingerprint density at radius 3 is 2.24 bits per heavy atom. The third-order valence-corrected chi connectivity index (χ3v) is 4.67. The van der Waals surface area contributed by atoms with Crippen LogP contribution in [0.5, 0.6) is 0 Å². The van der Waals surface area contributed by atoms with Crippen LogP contribution in [0, 0.1) is 5.82 Å². The molecule has 0 bridgehead atoms. The number of halogens is 2. The van der Waals surface area contributed by atoms with E-state index in [9.17, 15) is 4.39 Å². The third-order valence-electron chi connectivity index (χ3n) is 3.95. The van der Waals surface area contributed by atoms with Crippen LogP contribution in [-0.4, -0.2) is 18.5 Å². The lowest BCUT2D eigenvalue weighted by molar-refractivity contribution is 0.186.